The Balaban J connectivity index is 1.37. The fourth-order valence-corrected chi connectivity index (χ4v) is 3.52. The summed E-state index contributed by atoms with van der Waals surface area (Å²) >= 11 is 6.08. The number of benzene rings is 3. The van der Waals surface area contributed by atoms with Crippen LogP contribution in [0, 0.1) is 6.92 Å². The van der Waals surface area contributed by atoms with Crippen LogP contribution in [0.3, 0.4) is 0 Å². The molecule has 2 amide bonds. The van der Waals surface area contributed by atoms with Crippen molar-refractivity contribution in [1.29, 1.82) is 0 Å². The molecule has 7 heteroatoms. The number of rotatable bonds is 7. The lowest BCUT2D eigenvalue weighted by Gasteiger charge is -2.06. The number of nitrogens with one attached hydrogen (secondary N) is 2. The van der Waals surface area contributed by atoms with Gasteiger partial charge in [0.2, 0.25) is 11.8 Å². The summed E-state index contributed by atoms with van der Waals surface area (Å²) in [5.74, 6) is 0.693. The van der Waals surface area contributed by atoms with Crippen molar-refractivity contribution >= 4 is 29.1 Å². The summed E-state index contributed by atoms with van der Waals surface area (Å²) in [5.41, 5.74) is 3.45. The number of anilines is 1. The number of oxazole rings is 1. The number of aromatic nitrogens is 1. The maximum atomic E-state index is 12.4. The first-order chi connectivity index (χ1) is 16.0. The first-order valence-corrected chi connectivity index (χ1v) is 10.8. The van der Waals surface area contributed by atoms with Crippen LogP contribution in [0.25, 0.3) is 11.5 Å². The van der Waals surface area contributed by atoms with Crippen LogP contribution in [0.5, 0.6) is 0 Å². The van der Waals surface area contributed by atoms with Gasteiger partial charge in [-0.3, -0.25) is 9.59 Å². The summed E-state index contributed by atoms with van der Waals surface area (Å²) in [7, 11) is 0. The van der Waals surface area contributed by atoms with Gasteiger partial charge in [-0.15, -0.1) is 0 Å². The second kappa shape index (κ2) is 10.1. The molecule has 0 radical (unpaired) electrons. The Morgan fingerprint density at radius 2 is 1.64 bits per heavy atom. The molecule has 166 valence electrons. The molecule has 0 fully saturated rings. The van der Waals surface area contributed by atoms with Crippen LogP contribution in [-0.2, 0) is 17.8 Å². The van der Waals surface area contributed by atoms with Crippen LogP contribution in [0.2, 0.25) is 5.02 Å². The zero-order valence-corrected chi connectivity index (χ0v) is 18.7. The normalized spacial score (nSPS) is 10.6. The number of hydrogen-bond donors (Lipinski definition) is 2. The summed E-state index contributed by atoms with van der Waals surface area (Å²) in [5, 5.41) is 6.10. The van der Waals surface area contributed by atoms with Crippen molar-refractivity contribution in [2.24, 2.45) is 0 Å². The van der Waals surface area contributed by atoms with Crippen LogP contribution >= 0.6 is 11.6 Å². The Morgan fingerprint density at radius 1 is 0.939 bits per heavy atom. The van der Waals surface area contributed by atoms with Crippen LogP contribution in [0.15, 0.2) is 83.3 Å². The molecule has 0 saturated carbocycles. The van der Waals surface area contributed by atoms with E-state index in [2.05, 4.69) is 15.6 Å². The number of halogens is 1. The lowest BCUT2D eigenvalue weighted by molar-refractivity contribution is -0.115. The van der Waals surface area contributed by atoms with Crippen molar-refractivity contribution in [3.05, 3.63) is 106 Å². The minimum atomic E-state index is -0.278. The van der Waals surface area contributed by atoms with Gasteiger partial charge in [0.1, 0.15) is 11.5 Å². The van der Waals surface area contributed by atoms with Crippen molar-refractivity contribution in [3.63, 3.8) is 0 Å². The molecule has 3 aromatic carbocycles. The maximum Gasteiger partial charge on any atom is 0.253 e. The molecule has 4 rings (SSSR count). The predicted octanol–water partition coefficient (Wildman–Crippen LogP) is 5.41. The molecule has 2 N–H and O–H groups in total. The van der Waals surface area contributed by atoms with E-state index in [-0.39, 0.29) is 18.4 Å². The van der Waals surface area contributed by atoms with Crippen LogP contribution in [0.1, 0.15) is 27.4 Å². The predicted molar refractivity (Wildman–Crippen MR) is 128 cm³/mol. The topological polar surface area (TPSA) is 84.2 Å². The van der Waals surface area contributed by atoms with E-state index in [4.69, 9.17) is 16.0 Å². The molecule has 1 aromatic heterocycles. The van der Waals surface area contributed by atoms with Crippen molar-refractivity contribution in [2.45, 2.75) is 19.9 Å². The minimum absolute atomic E-state index is 0.0857. The van der Waals surface area contributed by atoms with Crippen molar-refractivity contribution in [1.82, 2.24) is 10.3 Å². The molecule has 0 aliphatic carbocycles. The summed E-state index contributed by atoms with van der Waals surface area (Å²) in [6, 6.07) is 23.7. The van der Waals surface area contributed by atoms with Gasteiger partial charge in [0.05, 0.1) is 23.6 Å². The first-order valence-electron chi connectivity index (χ1n) is 10.4. The van der Waals surface area contributed by atoms with Crippen molar-refractivity contribution in [2.75, 3.05) is 5.32 Å². The average Bonchev–Trinajstić information content (AvgIpc) is 3.19. The fraction of sp³-hybridized carbons (Fsp3) is 0.115. The highest BCUT2D eigenvalue weighted by Crippen LogP contribution is 2.24. The number of nitrogens with zero attached hydrogens (tertiary/aromatic N) is 1. The molecule has 1 heterocycles. The number of carbonyl (C=O) groups is 2. The third-order valence-electron chi connectivity index (χ3n) is 5.05. The highest BCUT2D eigenvalue weighted by molar-refractivity contribution is 6.33. The van der Waals surface area contributed by atoms with Crippen LogP contribution in [0.4, 0.5) is 5.69 Å². The van der Waals surface area contributed by atoms with Crippen LogP contribution in [-0.4, -0.2) is 16.8 Å². The second-order valence-corrected chi connectivity index (χ2v) is 7.88. The molecule has 4 aromatic rings. The largest absolute Gasteiger partial charge is 0.441 e. The van der Waals surface area contributed by atoms with E-state index in [1.54, 1.807) is 43.3 Å². The van der Waals surface area contributed by atoms with E-state index in [1.807, 2.05) is 42.5 Å². The lowest BCUT2D eigenvalue weighted by atomic mass is 10.1. The van der Waals surface area contributed by atoms with Crippen molar-refractivity contribution < 1.29 is 14.0 Å². The quantitative estimate of drug-likeness (QED) is 0.386. The monoisotopic (exact) mass is 459 g/mol. The van der Waals surface area contributed by atoms with Gasteiger partial charge in [0.15, 0.2) is 0 Å². The zero-order chi connectivity index (χ0) is 23.2. The van der Waals surface area contributed by atoms with E-state index in [0.29, 0.717) is 40.0 Å². The van der Waals surface area contributed by atoms with E-state index < -0.39 is 0 Å². The summed E-state index contributed by atoms with van der Waals surface area (Å²) in [4.78, 5) is 29.1. The maximum absolute atomic E-state index is 12.4. The van der Waals surface area contributed by atoms with Gasteiger partial charge in [0, 0.05) is 11.3 Å². The number of amides is 2. The fourth-order valence-electron chi connectivity index (χ4n) is 3.30. The Bertz CT molecular complexity index is 1270. The highest BCUT2D eigenvalue weighted by atomic mass is 35.5. The van der Waals surface area contributed by atoms with Crippen molar-refractivity contribution in [3.8, 4) is 11.5 Å². The van der Waals surface area contributed by atoms with Gasteiger partial charge in [-0.2, -0.15) is 0 Å². The molecule has 6 nitrogen and oxygen atoms in total. The third-order valence-corrected chi connectivity index (χ3v) is 5.38. The molecular weight excluding hydrogens is 438 g/mol. The number of hydrogen-bond acceptors (Lipinski definition) is 4. The molecule has 0 spiro atoms. The Kier molecular flexibility index (Phi) is 6.86. The molecule has 0 saturated heterocycles. The van der Waals surface area contributed by atoms with Gasteiger partial charge in [-0.05, 0) is 48.9 Å². The smallest absolute Gasteiger partial charge is 0.253 e. The first kappa shape index (κ1) is 22.3. The molecule has 33 heavy (non-hydrogen) atoms. The Hall–Kier alpha value is -3.90. The van der Waals surface area contributed by atoms with Gasteiger partial charge < -0.3 is 15.1 Å². The second-order valence-electron chi connectivity index (χ2n) is 7.47. The van der Waals surface area contributed by atoms with Gasteiger partial charge in [0.25, 0.3) is 5.91 Å². The minimum Gasteiger partial charge on any atom is -0.441 e. The Morgan fingerprint density at radius 3 is 2.36 bits per heavy atom. The molecule has 0 atom stereocenters. The molecule has 0 aliphatic rings. The van der Waals surface area contributed by atoms with E-state index in [9.17, 15) is 9.59 Å². The van der Waals surface area contributed by atoms with E-state index >= 15 is 0 Å². The zero-order valence-electron chi connectivity index (χ0n) is 18.0. The molecule has 0 unspecified atom stereocenters. The van der Waals surface area contributed by atoms with Gasteiger partial charge >= 0.3 is 0 Å². The summed E-state index contributed by atoms with van der Waals surface area (Å²) in [6.07, 6.45) is 0.310. The standard InChI is InChI=1S/C26H22ClN3O3/c1-17-23(16-28-25(32)21-9-5-6-10-22(21)27)30-26(33-17)19-11-13-20(14-12-19)29-24(31)15-18-7-3-2-4-8-18/h2-14H,15-16H2,1H3,(H,28,32)(H,29,31). The summed E-state index contributed by atoms with van der Waals surface area (Å²) < 4.78 is 5.79. The lowest BCUT2D eigenvalue weighted by Crippen LogP contribution is -2.23. The van der Waals surface area contributed by atoms with E-state index in [1.165, 1.54) is 0 Å². The highest BCUT2D eigenvalue weighted by Gasteiger charge is 2.15. The van der Waals surface area contributed by atoms with Crippen LogP contribution < -0.4 is 10.6 Å². The van der Waals surface area contributed by atoms with E-state index in [0.717, 1.165) is 11.1 Å². The summed E-state index contributed by atoms with van der Waals surface area (Å²) in [6.45, 7) is 2.01. The molecule has 0 bridgehead atoms. The molecular formula is C26H22ClN3O3. The SMILES string of the molecule is Cc1oc(-c2ccc(NC(=O)Cc3ccccc3)cc2)nc1CNC(=O)c1ccccc1Cl. The van der Waals surface area contributed by atoms with Gasteiger partial charge in [-0.1, -0.05) is 54.1 Å². The Labute approximate surface area is 196 Å². The third kappa shape index (κ3) is 5.67. The van der Waals surface area contributed by atoms with Gasteiger partial charge in [-0.25, -0.2) is 4.98 Å². The average molecular weight is 460 g/mol. The number of aryl methyl sites for hydroxylation is 1. The molecule has 0 aliphatic heterocycles. The number of carbonyl (C=O) groups excluding carboxylic acids is 2.